The number of rotatable bonds is 4. The van der Waals surface area contributed by atoms with Crippen LogP contribution in [0, 0.1) is 20.8 Å². The molecule has 26 heavy (non-hydrogen) atoms. The van der Waals surface area contributed by atoms with Crippen LogP contribution in [0.4, 0.5) is 0 Å². The molecule has 0 aliphatic heterocycles. The summed E-state index contributed by atoms with van der Waals surface area (Å²) in [5, 5.41) is 0. The van der Waals surface area contributed by atoms with E-state index in [2.05, 4.69) is 0 Å². The molecule has 3 rings (SSSR count). The Morgan fingerprint density at radius 1 is 0.769 bits per heavy atom. The van der Waals surface area contributed by atoms with Crippen LogP contribution >= 0.6 is 0 Å². The minimum atomic E-state index is -4.33. The maximum absolute atomic E-state index is 12.1. The third kappa shape index (κ3) is 3.43. The fraction of sp³-hybridized carbons (Fsp3) is 0.182. The van der Waals surface area contributed by atoms with Crippen LogP contribution < -0.4 is 0 Å². The Balaban J connectivity index is 2.34. The van der Waals surface area contributed by atoms with Gasteiger partial charge >= 0.3 is 0 Å². The first-order chi connectivity index (χ1) is 12.3. The van der Waals surface area contributed by atoms with Crippen molar-refractivity contribution in [1.82, 2.24) is 0 Å². The summed E-state index contributed by atoms with van der Waals surface area (Å²) in [5.74, 6) is 0. The zero-order valence-electron chi connectivity index (χ0n) is 15.2. The Morgan fingerprint density at radius 2 is 1.31 bits per heavy atom. The summed E-state index contributed by atoms with van der Waals surface area (Å²) >= 11 is 0. The smallest absolute Gasteiger partial charge is 0.282 e. The molecule has 0 heterocycles. The molecule has 1 N–H and O–H groups in total. The van der Waals surface area contributed by atoms with E-state index in [-0.39, 0.29) is 4.90 Å². The van der Waals surface area contributed by atoms with Gasteiger partial charge < -0.3 is 0 Å². The van der Waals surface area contributed by atoms with Crippen molar-refractivity contribution in [1.29, 1.82) is 0 Å². The molecule has 0 aliphatic carbocycles. The Hall–Kier alpha value is -2.43. The quantitative estimate of drug-likeness (QED) is 0.652. The molecule has 0 spiro atoms. The van der Waals surface area contributed by atoms with E-state index in [1.54, 1.807) is 13.8 Å². The minimum Gasteiger partial charge on any atom is -0.282 e. The van der Waals surface area contributed by atoms with Gasteiger partial charge in [0.05, 0.1) is 0 Å². The summed E-state index contributed by atoms with van der Waals surface area (Å²) in [7, 11) is -4.33. The Kier molecular flexibility index (Phi) is 4.99. The topological polar surface area (TPSA) is 54.4 Å². The van der Waals surface area contributed by atoms with Crippen LogP contribution in [0.2, 0.25) is 0 Å². The van der Waals surface area contributed by atoms with Crippen molar-refractivity contribution in [3.8, 4) is 11.1 Å². The summed E-state index contributed by atoms with van der Waals surface area (Å²) in [6.45, 7) is 5.56. The Bertz CT molecular complexity index is 1040. The molecule has 3 nitrogen and oxygen atoms in total. The highest BCUT2D eigenvalue weighted by Crippen LogP contribution is 2.37. The molecular weight excluding hydrogens is 344 g/mol. The lowest BCUT2D eigenvalue weighted by Crippen LogP contribution is -2.10. The van der Waals surface area contributed by atoms with Crippen LogP contribution in [0.5, 0.6) is 0 Å². The molecule has 0 saturated heterocycles. The first-order valence-electron chi connectivity index (χ1n) is 8.50. The zero-order chi connectivity index (χ0) is 18.9. The van der Waals surface area contributed by atoms with E-state index in [0.29, 0.717) is 17.5 Å². The van der Waals surface area contributed by atoms with Crippen LogP contribution in [-0.4, -0.2) is 13.0 Å². The molecule has 0 saturated carbocycles. The summed E-state index contributed by atoms with van der Waals surface area (Å²) in [5.41, 5.74) is 6.10. The van der Waals surface area contributed by atoms with Crippen LogP contribution in [0.3, 0.4) is 0 Å². The second-order valence-electron chi connectivity index (χ2n) is 6.56. The van der Waals surface area contributed by atoms with Crippen molar-refractivity contribution in [2.75, 3.05) is 0 Å². The molecule has 0 unspecified atom stereocenters. The molecule has 3 aromatic rings. The second-order valence-corrected chi connectivity index (χ2v) is 7.92. The first-order valence-corrected chi connectivity index (χ1v) is 9.94. The SMILES string of the molecule is Cc1c(Cc2ccccc2)c(C)c(S(=O)(=O)O)c(C)c1-c1ccccc1. The van der Waals surface area contributed by atoms with Crippen molar-refractivity contribution in [2.45, 2.75) is 32.1 Å². The fourth-order valence-corrected chi connectivity index (χ4v) is 4.73. The van der Waals surface area contributed by atoms with Crippen LogP contribution in [0.1, 0.15) is 27.8 Å². The van der Waals surface area contributed by atoms with E-state index in [1.165, 1.54) is 0 Å². The van der Waals surface area contributed by atoms with E-state index in [1.807, 2.05) is 67.6 Å². The van der Waals surface area contributed by atoms with Gasteiger partial charge in [0.25, 0.3) is 10.1 Å². The standard InChI is InChI=1S/C22H22O3S/c1-15-20(14-18-10-6-4-7-11-18)16(2)22(26(23,24)25)17(3)21(15)19-12-8-5-9-13-19/h4-13H,14H2,1-3H3,(H,23,24,25). The lowest BCUT2D eigenvalue weighted by Gasteiger charge is -2.21. The molecule has 0 atom stereocenters. The molecule has 4 heteroatoms. The molecule has 134 valence electrons. The van der Waals surface area contributed by atoms with Crippen molar-refractivity contribution < 1.29 is 13.0 Å². The molecule has 0 amide bonds. The zero-order valence-corrected chi connectivity index (χ0v) is 16.0. The molecular formula is C22H22O3S. The van der Waals surface area contributed by atoms with Crippen molar-refractivity contribution in [3.63, 3.8) is 0 Å². The summed E-state index contributed by atoms with van der Waals surface area (Å²) in [6, 6.07) is 19.6. The fourth-order valence-electron chi connectivity index (χ4n) is 3.74. The Labute approximate surface area is 155 Å². The van der Waals surface area contributed by atoms with E-state index >= 15 is 0 Å². The van der Waals surface area contributed by atoms with Gasteiger partial charge in [0.15, 0.2) is 0 Å². The predicted molar refractivity (Wildman–Crippen MR) is 105 cm³/mol. The highest BCUT2D eigenvalue weighted by molar-refractivity contribution is 7.86. The van der Waals surface area contributed by atoms with Crippen LogP contribution in [0.15, 0.2) is 65.6 Å². The van der Waals surface area contributed by atoms with Crippen molar-refractivity contribution >= 4 is 10.1 Å². The van der Waals surface area contributed by atoms with E-state index < -0.39 is 10.1 Å². The lowest BCUT2D eigenvalue weighted by atomic mass is 9.86. The second kappa shape index (κ2) is 7.06. The highest BCUT2D eigenvalue weighted by atomic mass is 32.2. The normalized spacial score (nSPS) is 11.5. The van der Waals surface area contributed by atoms with Gasteiger partial charge in [-0.05, 0) is 66.1 Å². The van der Waals surface area contributed by atoms with Gasteiger partial charge in [0, 0.05) is 0 Å². The third-order valence-electron chi connectivity index (χ3n) is 4.88. The monoisotopic (exact) mass is 366 g/mol. The average molecular weight is 366 g/mol. The van der Waals surface area contributed by atoms with Crippen LogP contribution in [0.25, 0.3) is 11.1 Å². The average Bonchev–Trinajstić information content (AvgIpc) is 2.59. The Morgan fingerprint density at radius 3 is 1.85 bits per heavy atom. The maximum atomic E-state index is 12.1. The van der Waals surface area contributed by atoms with Crippen molar-refractivity contribution in [2.24, 2.45) is 0 Å². The van der Waals surface area contributed by atoms with Gasteiger partial charge in [0.2, 0.25) is 0 Å². The van der Waals surface area contributed by atoms with Gasteiger partial charge in [-0.15, -0.1) is 0 Å². The highest BCUT2D eigenvalue weighted by Gasteiger charge is 2.25. The molecule has 0 aliphatic rings. The van der Waals surface area contributed by atoms with Gasteiger partial charge in [0.1, 0.15) is 4.90 Å². The minimum absolute atomic E-state index is 0.0212. The summed E-state index contributed by atoms with van der Waals surface area (Å²) in [4.78, 5) is 0.0212. The van der Waals surface area contributed by atoms with Crippen molar-refractivity contribution in [3.05, 3.63) is 88.5 Å². The molecule has 0 fully saturated rings. The predicted octanol–water partition coefficient (Wildman–Crippen LogP) is 5.12. The van der Waals surface area contributed by atoms with Gasteiger partial charge in [-0.3, -0.25) is 4.55 Å². The molecule has 0 aromatic heterocycles. The first kappa shape index (κ1) is 18.4. The van der Waals surface area contributed by atoms with E-state index in [4.69, 9.17) is 0 Å². The number of hydrogen-bond donors (Lipinski definition) is 1. The van der Waals surface area contributed by atoms with Gasteiger partial charge in [-0.1, -0.05) is 60.7 Å². The van der Waals surface area contributed by atoms with Gasteiger partial charge in [-0.25, -0.2) is 0 Å². The number of benzene rings is 3. The largest absolute Gasteiger partial charge is 0.295 e. The van der Waals surface area contributed by atoms with Gasteiger partial charge in [-0.2, -0.15) is 8.42 Å². The van der Waals surface area contributed by atoms with E-state index in [9.17, 15) is 13.0 Å². The third-order valence-corrected chi connectivity index (χ3v) is 6.01. The summed E-state index contributed by atoms with van der Waals surface area (Å²) < 4.78 is 34.1. The van der Waals surface area contributed by atoms with E-state index in [0.717, 1.165) is 27.8 Å². The van der Waals surface area contributed by atoms with Crippen LogP contribution in [-0.2, 0) is 16.5 Å². The molecule has 0 bridgehead atoms. The lowest BCUT2D eigenvalue weighted by molar-refractivity contribution is 0.482. The molecule has 0 radical (unpaired) electrons. The summed E-state index contributed by atoms with van der Waals surface area (Å²) in [6.07, 6.45) is 0.612. The molecule has 3 aromatic carbocycles. The maximum Gasteiger partial charge on any atom is 0.295 e. The number of hydrogen-bond acceptors (Lipinski definition) is 2.